The van der Waals surface area contributed by atoms with Gasteiger partial charge in [0, 0.05) is 24.7 Å². The Morgan fingerprint density at radius 1 is 1.23 bits per heavy atom. The van der Waals surface area contributed by atoms with E-state index in [2.05, 4.69) is 15.6 Å². The molecule has 1 aliphatic carbocycles. The molecule has 26 heavy (non-hydrogen) atoms. The van der Waals surface area contributed by atoms with Crippen LogP contribution in [0.4, 0.5) is 4.39 Å². The maximum Gasteiger partial charge on any atom is 0.191 e. The zero-order valence-electron chi connectivity index (χ0n) is 14.9. The third-order valence-electron chi connectivity index (χ3n) is 4.68. The van der Waals surface area contributed by atoms with Gasteiger partial charge in [-0.2, -0.15) is 0 Å². The second-order valence-corrected chi connectivity index (χ2v) is 7.01. The third kappa shape index (κ3) is 4.73. The number of rotatable bonds is 7. The fourth-order valence-corrected chi connectivity index (χ4v) is 3.12. The van der Waals surface area contributed by atoms with Gasteiger partial charge in [0.25, 0.3) is 0 Å². The third-order valence-corrected chi connectivity index (χ3v) is 4.90. The van der Waals surface area contributed by atoms with Crippen molar-refractivity contribution in [2.45, 2.75) is 31.6 Å². The smallest absolute Gasteiger partial charge is 0.191 e. The van der Waals surface area contributed by atoms with Gasteiger partial charge in [-0.15, -0.1) is 0 Å². The van der Waals surface area contributed by atoms with Crippen LogP contribution < -0.4 is 10.6 Å². The van der Waals surface area contributed by atoms with Crippen LogP contribution in [0, 0.1) is 5.82 Å². The van der Waals surface area contributed by atoms with Crippen molar-refractivity contribution >= 4 is 17.6 Å². The molecule has 1 heterocycles. The minimum atomic E-state index is -0.145. The number of pyridine rings is 1. The van der Waals surface area contributed by atoms with Crippen LogP contribution in [-0.4, -0.2) is 30.6 Å². The lowest BCUT2D eigenvalue weighted by Gasteiger charge is -2.16. The Morgan fingerprint density at radius 3 is 2.69 bits per heavy atom. The summed E-state index contributed by atoms with van der Waals surface area (Å²) in [6, 6.07) is 10.8. The molecule has 1 aromatic heterocycles. The van der Waals surface area contributed by atoms with Crippen molar-refractivity contribution in [3.8, 4) is 0 Å². The number of benzene rings is 1. The first-order valence-corrected chi connectivity index (χ1v) is 9.38. The Kier molecular flexibility index (Phi) is 6.09. The summed E-state index contributed by atoms with van der Waals surface area (Å²) < 4.78 is 14.1. The Labute approximate surface area is 158 Å². The average molecular weight is 375 g/mol. The highest BCUT2D eigenvalue weighted by Crippen LogP contribution is 2.49. The van der Waals surface area contributed by atoms with Crippen molar-refractivity contribution in [2.75, 3.05) is 19.6 Å². The Bertz CT molecular complexity index is 757. The summed E-state index contributed by atoms with van der Waals surface area (Å²) in [6.45, 7) is 4.14. The number of nitrogens with zero attached hydrogens (tertiary/aromatic N) is 2. The van der Waals surface area contributed by atoms with E-state index in [9.17, 15) is 4.39 Å². The van der Waals surface area contributed by atoms with E-state index < -0.39 is 0 Å². The van der Waals surface area contributed by atoms with E-state index in [0.29, 0.717) is 11.7 Å². The molecule has 0 radical (unpaired) electrons. The number of halogens is 2. The molecule has 1 fully saturated rings. The first-order chi connectivity index (χ1) is 12.6. The second kappa shape index (κ2) is 8.49. The molecule has 1 saturated carbocycles. The summed E-state index contributed by atoms with van der Waals surface area (Å²) in [5.74, 6) is 0.630. The largest absolute Gasteiger partial charge is 0.357 e. The molecule has 0 bridgehead atoms. The van der Waals surface area contributed by atoms with E-state index in [1.807, 2.05) is 25.1 Å². The van der Waals surface area contributed by atoms with Gasteiger partial charge in [-0.25, -0.2) is 9.37 Å². The van der Waals surface area contributed by atoms with Gasteiger partial charge in [-0.3, -0.25) is 4.99 Å². The Balaban J connectivity index is 1.59. The number of aromatic nitrogens is 1. The highest BCUT2D eigenvalue weighted by molar-refractivity contribution is 6.29. The van der Waals surface area contributed by atoms with Crippen molar-refractivity contribution in [2.24, 2.45) is 4.99 Å². The van der Waals surface area contributed by atoms with Gasteiger partial charge in [-0.1, -0.05) is 35.9 Å². The molecule has 138 valence electrons. The Morgan fingerprint density at radius 2 is 2.04 bits per heavy atom. The molecule has 2 aromatic rings. The average Bonchev–Trinajstić information content (AvgIpc) is 3.43. The molecule has 0 saturated heterocycles. The molecule has 0 spiro atoms. The normalized spacial score (nSPS) is 15.6. The summed E-state index contributed by atoms with van der Waals surface area (Å²) in [5.41, 5.74) is 1.75. The van der Waals surface area contributed by atoms with Crippen molar-refractivity contribution in [1.82, 2.24) is 15.6 Å². The maximum atomic E-state index is 14.1. The minimum Gasteiger partial charge on any atom is -0.357 e. The second-order valence-electron chi connectivity index (χ2n) is 6.62. The van der Waals surface area contributed by atoms with E-state index in [1.165, 1.54) is 6.07 Å². The molecule has 4 nitrogen and oxygen atoms in total. The Hall–Kier alpha value is -2.14. The summed E-state index contributed by atoms with van der Waals surface area (Å²) in [6.07, 6.45) is 4.57. The zero-order valence-corrected chi connectivity index (χ0v) is 15.7. The number of hydrogen-bond acceptors (Lipinski definition) is 2. The summed E-state index contributed by atoms with van der Waals surface area (Å²) in [5, 5.41) is 7.09. The van der Waals surface area contributed by atoms with Crippen LogP contribution in [0.2, 0.25) is 5.15 Å². The van der Waals surface area contributed by atoms with Gasteiger partial charge >= 0.3 is 0 Å². The summed E-state index contributed by atoms with van der Waals surface area (Å²) in [4.78, 5) is 8.79. The minimum absolute atomic E-state index is 0.131. The number of hydrogen-bond donors (Lipinski definition) is 2. The molecule has 0 unspecified atom stereocenters. The fourth-order valence-electron chi connectivity index (χ4n) is 3.01. The molecule has 0 aliphatic heterocycles. The number of nitrogens with one attached hydrogen (secondary N) is 2. The topological polar surface area (TPSA) is 49.3 Å². The molecule has 0 atom stereocenters. The molecule has 3 rings (SSSR count). The summed E-state index contributed by atoms with van der Waals surface area (Å²) >= 11 is 5.81. The first-order valence-electron chi connectivity index (χ1n) is 9.00. The highest BCUT2D eigenvalue weighted by atomic mass is 35.5. The van der Waals surface area contributed by atoms with Gasteiger partial charge in [0.15, 0.2) is 5.96 Å². The van der Waals surface area contributed by atoms with Crippen molar-refractivity contribution < 1.29 is 4.39 Å². The van der Waals surface area contributed by atoms with Crippen LogP contribution in [0.25, 0.3) is 0 Å². The molecule has 6 heteroatoms. The van der Waals surface area contributed by atoms with Crippen molar-refractivity contribution in [3.63, 3.8) is 0 Å². The van der Waals surface area contributed by atoms with Gasteiger partial charge < -0.3 is 10.6 Å². The van der Waals surface area contributed by atoms with Gasteiger partial charge in [0.1, 0.15) is 11.0 Å². The van der Waals surface area contributed by atoms with Gasteiger partial charge in [0.05, 0.1) is 6.54 Å². The monoisotopic (exact) mass is 374 g/mol. The molecular formula is C20H24ClFN4. The van der Waals surface area contributed by atoms with Gasteiger partial charge in [-0.05, 0) is 49.4 Å². The fraction of sp³-hybridized carbons (Fsp3) is 0.400. The van der Waals surface area contributed by atoms with Gasteiger partial charge in [0.2, 0.25) is 0 Å². The van der Waals surface area contributed by atoms with Crippen LogP contribution in [0.5, 0.6) is 0 Å². The highest BCUT2D eigenvalue weighted by Gasteiger charge is 2.45. The van der Waals surface area contributed by atoms with E-state index in [1.54, 1.807) is 18.3 Å². The molecule has 2 N–H and O–H groups in total. The van der Waals surface area contributed by atoms with Crippen LogP contribution in [0.15, 0.2) is 47.6 Å². The van der Waals surface area contributed by atoms with Crippen LogP contribution in [0.1, 0.15) is 30.9 Å². The number of aliphatic imine (C=N–C) groups is 1. The molecule has 1 aliphatic rings. The predicted molar refractivity (Wildman–Crippen MR) is 104 cm³/mol. The summed E-state index contributed by atoms with van der Waals surface area (Å²) in [7, 11) is 0. The van der Waals surface area contributed by atoms with E-state index >= 15 is 0 Å². The van der Waals surface area contributed by atoms with Crippen LogP contribution in [-0.2, 0) is 11.8 Å². The zero-order chi connectivity index (χ0) is 18.4. The molecule has 1 aromatic carbocycles. The van der Waals surface area contributed by atoms with Crippen LogP contribution in [0.3, 0.4) is 0 Å². The van der Waals surface area contributed by atoms with E-state index in [4.69, 9.17) is 16.6 Å². The standard InChI is InChI=1S/C20H24ClFN4/c1-2-23-19(24-12-9-15-7-8-18(21)25-13-15)26-14-20(10-11-20)16-5-3-4-6-17(16)22/h3-8,13H,2,9-12,14H2,1H3,(H2,23,24,26). The van der Waals surface area contributed by atoms with E-state index in [0.717, 1.165) is 49.4 Å². The lowest BCUT2D eigenvalue weighted by molar-refractivity contribution is 0.572. The lowest BCUT2D eigenvalue weighted by atomic mass is 9.95. The number of guanidine groups is 1. The lowest BCUT2D eigenvalue weighted by Crippen LogP contribution is -2.39. The first kappa shape index (κ1) is 18.6. The quantitative estimate of drug-likeness (QED) is 0.441. The van der Waals surface area contributed by atoms with Crippen LogP contribution >= 0.6 is 11.6 Å². The maximum absolute atomic E-state index is 14.1. The van der Waals surface area contributed by atoms with Crippen molar-refractivity contribution in [1.29, 1.82) is 0 Å². The van der Waals surface area contributed by atoms with E-state index in [-0.39, 0.29) is 11.2 Å². The predicted octanol–water partition coefficient (Wildman–Crippen LogP) is 3.70. The molecular weight excluding hydrogens is 351 g/mol. The van der Waals surface area contributed by atoms with Crippen molar-refractivity contribution in [3.05, 3.63) is 64.7 Å². The SMILES string of the molecule is CCNC(=NCC1(c2ccccc2F)CC1)NCCc1ccc(Cl)nc1. The molecule has 0 amide bonds.